The maximum Gasteiger partial charge on any atom is 0.245 e. The molecule has 0 saturated carbocycles. The van der Waals surface area contributed by atoms with E-state index in [1.165, 1.54) is 12.4 Å². The Labute approximate surface area is 225 Å². The summed E-state index contributed by atoms with van der Waals surface area (Å²) < 4.78 is 5.87. The van der Waals surface area contributed by atoms with Gasteiger partial charge in [-0.2, -0.15) is 0 Å². The van der Waals surface area contributed by atoms with E-state index in [9.17, 15) is 9.59 Å². The minimum atomic E-state index is -0.274. The molecule has 38 heavy (non-hydrogen) atoms. The van der Waals surface area contributed by atoms with Crippen LogP contribution < -0.4 is 15.4 Å². The van der Waals surface area contributed by atoms with E-state index in [0.717, 1.165) is 22.2 Å². The number of amides is 2. The molecule has 9 heteroatoms. The van der Waals surface area contributed by atoms with Crippen molar-refractivity contribution in [1.29, 1.82) is 0 Å². The van der Waals surface area contributed by atoms with Gasteiger partial charge < -0.3 is 20.3 Å². The van der Waals surface area contributed by atoms with E-state index >= 15 is 0 Å². The Morgan fingerprint density at radius 3 is 2.68 bits per heavy atom. The van der Waals surface area contributed by atoms with Gasteiger partial charge in [-0.05, 0) is 54.5 Å². The lowest BCUT2D eigenvalue weighted by molar-refractivity contribution is -0.125. The van der Waals surface area contributed by atoms with Crippen molar-refractivity contribution < 1.29 is 14.3 Å². The average molecular weight is 528 g/mol. The Balaban J connectivity index is 1.29. The van der Waals surface area contributed by atoms with Crippen LogP contribution in [-0.4, -0.2) is 39.8 Å². The molecular weight excluding hydrogens is 502 g/mol. The maximum atomic E-state index is 12.8. The lowest BCUT2D eigenvalue weighted by atomic mass is 10.1. The summed E-state index contributed by atoms with van der Waals surface area (Å²) in [6.45, 7) is 4.86. The number of hydrogen-bond donors (Lipinski definition) is 2. The van der Waals surface area contributed by atoms with E-state index in [-0.39, 0.29) is 17.7 Å². The first-order chi connectivity index (χ1) is 18.5. The number of carbonyl (C=O) groups is 2. The Morgan fingerprint density at radius 2 is 1.89 bits per heavy atom. The largest absolute Gasteiger partial charge is 0.487 e. The van der Waals surface area contributed by atoms with Gasteiger partial charge in [0.15, 0.2) is 0 Å². The second-order valence-electron chi connectivity index (χ2n) is 8.96. The van der Waals surface area contributed by atoms with Crippen LogP contribution in [0.5, 0.6) is 5.75 Å². The van der Waals surface area contributed by atoms with Crippen LogP contribution in [0, 0.1) is 5.92 Å². The number of carbonyl (C=O) groups excluding carboxylic acids is 2. The molecule has 0 aliphatic carbocycles. The summed E-state index contributed by atoms with van der Waals surface area (Å²) in [6, 6.07) is 20.8. The summed E-state index contributed by atoms with van der Waals surface area (Å²) in [7, 11) is 0. The molecule has 1 atom stereocenters. The van der Waals surface area contributed by atoms with E-state index in [4.69, 9.17) is 16.3 Å². The third kappa shape index (κ3) is 5.76. The van der Waals surface area contributed by atoms with E-state index in [1.54, 1.807) is 17.0 Å². The predicted octanol–water partition coefficient (Wildman–Crippen LogP) is 5.58. The SMILES string of the molecule is C=CC(=O)N1CC[C@H](C(=O)Nc2ccc3ncnc(Nc4ccc(OCc5ccccc5)c(Cl)c4)c3c2)C1. The van der Waals surface area contributed by atoms with Crippen LogP contribution in [-0.2, 0) is 16.2 Å². The second kappa shape index (κ2) is 11.3. The topological polar surface area (TPSA) is 96.5 Å². The molecule has 3 aromatic carbocycles. The molecule has 0 spiro atoms. The van der Waals surface area contributed by atoms with Crippen molar-refractivity contribution >= 4 is 51.5 Å². The Kier molecular flexibility index (Phi) is 7.51. The fourth-order valence-electron chi connectivity index (χ4n) is 4.35. The van der Waals surface area contributed by atoms with E-state index in [2.05, 4.69) is 27.2 Å². The number of rotatable bonds is 8. The Bertz CT molecular complexity index is 1490. The highest BCUT2D eigenvalue weighted by molar-refractivity contribution is 6.32. The molecule has 2 N–H and O–H groups in total. The molecule has 1 aliphatic rings. The van der Waals surface area contributed by atoms with Crippen molar-refractivity contribution in [2.75, 3.05) is 23.7 Å². The fraction of sp³-hybridized carbons (Fsp3) is 0.172. The summed E-state index contributed by atoms with van der Waals surface area (Å²) in [5.41, 5.74) is 3.13. The average Bonchev–Trinajstić information content (AvgIpc) is 3.44. The first-order valence-electron chi connectivity index (χ1n) is 12.2. The molecule has 0 unspecified atom stereocenters. The van der Waals surface area contributed by atoms with Crippen molar-refractivity contribution in [3.63, 3.8) is 0 Å². The van der Waals surface area contributed by atoms with Gasteiger partial charge in [-0.1, -0.05) is 48.5 Å². The quantitative estimate of drug-likeness (QED) is 0.290. The Hall–Kier alpha value is -4.43. The number of nitrogens with one attached hydrogen (secondary N) is 2. The third-order valence-corrected chi connectivity index (χ3v) is 6.68. The van der Waals surface area contributed by atoms with Crippen molar-refractivity contribution in [2.45, 2.75) is 13.0 Å². The minimum Gasteiger partial charge on any atom is -0.487 e. The van der Waals surface area contributed by atoms with Gasteiger partial charge in [-0.3, -0.25) is 9.59 Å². The lowest BCUT2D eigenvalue weighted by Crippen LogP contribution is -2.30. The van der Waals surface area contributed by atoms with Crippen molar-refractivity contribution in [3.05, 3.63) is 96.3 Å². The van der Waals surface area contributed by atoms with Crippen LogP contribution in [0.1, 0.15) is 12.0 Å². The van der Waals surface area contributed by atoms with Crippen LogP contribution in [0.15, 0.2) is 85.7 Å². The fourth-order valence-corrected chi connectivity index (χ4v) is 4.58. The molecule has 2 heterocycles. The third-order valence-electron chi connectivity index (χ3n) is 6.38. The van der Waals surface area contributed by atoms with E-state index < -0.39 is 0 Å². The molecule has 4 aromatic rings. The van der Waals surface area contributed by atoms with Crippen LogP contribution in [0.3, 0.4) is 0 Å². The van der Waals surface area contributed by atoms with Crippen LogP contribution >= 0.6 is 11.6 Å². The van der Waals surface area contributed by atoms with Crippen molar-refractivity contribution in [3.8, 4) is 5.75 Å². The number of fused-ring (bicyclic) bond motifs is 1. The van der Waals surface area contributed by atoms with Gasteiger partial charge >= 0.3 is 0 Å². The van der Waals surface area contributed by atoms with Gasteiger partial charge in [0.2, 0.25) is 11.8 Å². The van der Waals surface area contributed by atoms with Crippen LogP contribution in [0.4, 0.5) is 17.2 Å². The molecule has 1 aliphatic heterocycles. The zero-order valence-corrected chi connectivity index (χ0v) is 21.3. The van der Waals surface area contributed by atoms with Gasteiger partial charge in [0.25, 0.3) is 0 Å². The lowest BCUT2D eigenvalue weighted by Gasteiger charge is -2.15. The molecule has 1 fully saturated rings. The number of benzene rings is 3. The monoisotopic (exact) mass is 527 g/mol. The van der Waals surface area contributed by atoms with Gasteiger partial charge in [0.1, 0.15) is 24.5 Å². The first-order valence-corrected chi connectivity index (χ1v) is 12.6. The van der Waals surface area contributed by atoms with Gasteiger partial charge in [0.05, 0.1) is 16.5 Å². The smallest absolute Gasteiger partial charge is 0.245 e. The molecule has 5 rings (SSSR count). The molecule has 2 amide bonds. The number of hydrogen-bond acceptors (Lipinski definition) is 6. The number of aromatic nitrogens is 2. The predicted molar refractivity (Wildman–Crippen MR) is 149 cm³/mol. The van der Waals surface area contributed by atoms with E-state index in [1.807, 2.05) is 54.6 Å². The number of likely N-dealkylation sites (tertiary alicyclic amines) is 1. The normalized spacial score (nSPS) is 14.8. The van der Waals surface area contributed by atoms with Crippen LogP contribution in [0.2, 0.25) is 5.02 Å². The standard InChI is InChI=1S/C29H26ClN5O3/c1-2-27(36)35-13-12-20(16-35)29(37)34-21-8-10-25-23(14-21)28(32-18-31-25)33-22-9-11-26(24(30)15-22)38-17-19-6-4-3-5-7-19/h2-11,14-15,18,20H,1,12-13,16-17H2,(H,34,37)(H,31,32,33)/t20-/m0/s1. The molecule has 192 valence electrons. The number of ether oxygens (including phenoxy) is 1. The van der Waals surface area contributed by atoms with Gasteiger partial charge in [-0.25, -0.2) is 9.97 Å². The second-order valence-corrected chi connectivity index (χ2v) is 9.37. The van der Waals surface area contributed by atoms with E-state index in [0.29, 0.717) is 48.4 Å². The van der Waals surface area contributed by atoms with Crippen molar-refractivity contribution in [1.82, 2.24) is 14.9 Å². The number of halogens is 1. The highest BCUT2D eigenvalue weighted by atomic mass is 35.5. The zero-order chi connectivity index (χ0) is 26.5. The molecule has 0 radical (unpaired) electrons. The highest BCUT2D eigenvalue weighted by Gasteiger charge is 2.30. The minimum absolute atomic E-state index is 0.132. The van der Waals surface area contributed by atoms with Gasteiger partial charge in [0, 0.05) is 29.9 Å². The maximum absolute atomic E-state index is 12.8. The van der Waals surface area contributed by atoms with Gasteiger partial charge in [-0.15, -0.1) is 0 Å². The molecule has 8 nitrogen and oxygen atoms in total. The summed E-state index contributed by atoms with van der Waals surface area (Å²) in [4.78, 5) is 35.1. The Morgan fingerprint density at radius 1 is 1.08 bits per heavy atom. The summed E-state index contributed by atoms with van der Waals surface area (Å²) in [5.74, 6) is 0.592. The molecule has 0 bridgehead atoms. The first kappa shape index (κ1) is 25.2. The molecule has 1 aromatic heterocycles. The highest BCUT2D eigenvalue weighted by Crippen LogP contribution is 2.32. The zero-order valence-electron chi connectivity index (χ0n) is 20.6. The summed E-state index contributed by atoms with van der Waals surface area (Å²) >= 11 is 6.49. The molecular formula is C29H26ClN5O3. The van der Waals surface area contributed by atoms with Crippen LogP contribution in [0.25, 0.3) is 10.9 Å². The number of nitrogens with zero attached hydrogens (tertiary/aromatic N) is 3. The number of anilines is 3. The van der Waals surface area contributed by atoms with Crippen molar-refractivity contribution in [2.24, 2.45) is 5.92 Å². The molecule has 1 saturated heterocycles. The summed E-state index contributed by atoms with van der Waals surface area (Å²) in [6.07, 6.45) is 3.36. The summed E-state index contributed by atoms with van der Waals surface area (Å²) in [5, 5.41) is 7.46.